The number of rotatable bonds is 6. The van der Waals surface area contributed by atoms with Crippen LogP contribution >= 0.6 is 0 Å². The molecule has 0 radical (unpaired) electrons. The van der Waals surface area contributed by atoms with Crippen LogP contribution in [0.1, 0.15) is 11.1 Å². The first-order chi connectivity index (χ1) is 14.2. The molecule has 5 heteroatoms. The lowest BCUT2D eigenvalue weighted by Gasteiger charge is -2.28. The van der Waals surface area contributed by atoms with Crippen LogP contribution in [0.3, 0.4) is 0 Å². The Morgan fingerprint density at radius 3 is 2.31 bits per heavy atom. The van der Waals surface area contributed by atoms with Gasteiger partial charge in [-0.15, -0.1) is 0 Å². The molecule has 3 aromatic carbocycles. The van der Waals surface area contributed by atoms with Crippen LogP contribution in [0.5, 0.6) is 11.5 Å². The second-order valence-electron chi connectivity index (χ2n) is 6.45. The molecule has 0 atom stereocenters. The number of phenols is 1. The number of ether oxygens (including phenoxy) is 1. The Kier molecular flexibility index (Phi) is 5.29. The van der Waals surface area contributed by atoms with Gasteiger partial charge in [-0.25, -0.2) is 0 Å². The Morgan fingerprint density at radius 2 is 1.66 bits per heavy atom. The van der Waals surface area contributed by atoms with E-state index in [2.05, 4.69) is 12.0 Å². The molecule has 1 heterocycles. The molecule has 0 saturated heterocycles. The highest BCUT2D eigenvalue weighted by Gasteiger charge is 2.19. The Hall–Kier alpha value is -3.99. The van der Waals surface area contributed by atoms with Gasteiger partial charge in [0.1, 0.15) is 23.8 Å². The third-order valence-corrected chi connectivity index (χ3v) is 4.41. The molecule has 29 heavy (non-hydrogen) atoms. The Bertz CT molecular complexity index is 1060. The molecule has 5 nitrogen and oxygen atoms in total. The highest BCUT2D eigenvalue weighted by atomic mass is 16.5. The molecule has 0 aliphatic carbocycles. The van der Waals surface area contributed by atoms with Gasteiger partial charge in [0, 0.05) is 11.6 Å². The van der Waals surface area contributed by atoms with Gasteiger partial charge in [0.05, 0.1) is 11.4 Å². The fourth-order valence-electron chi connectivity index (χ4n) is 3.00. The molecule has 0 spiro atoms. The number of hydrazine groups is 1. The lowest BCUT2D eigenvalue weighted by atomic mass is 10.1. The summed E-state index contributed by atoms with van der Waals surface area (Å²) in [6.07, 6.45) is 3.66. The van der Waals surface area contributed by atoms with E-state index in [0.29, 0.717) is 18.0 Å². The normalized spacial score (nSPS) is 13.2. The van der Waals surface area contributed by atoms with Gasteiger partial charge in [-0.3, -0.25) is 5.43 Å². The highest BCUT2D eigenvalue weighted by molar-refractivity contribution is 6.13. The maximum atomic E-state index is 10.6. The number of nitrogens with one attached hydrogen (secondary N) is 1. The maximum absolute atomic E-state index is 10.6. The third kappa shape index (κ3) is 4.14. The number of hydrazone groups is 1. The van der Waals surface area contributed by atoms with Crippen molar-refractivity contribution < 1.29 is 9.84 Å². The summed E-state index contributed by atoms with van der Waals surface area (Å²) in [4.78, 5) is 0. The number of nitrogens with zero attached hydrogens (tertiary/aromatic N) is 2. The van der Waals surface area contributed by atoms with Gasteiger partial charge in [0.25, 0.3) is 0 Å². The minimum Gasteiger partial charge on any atom is -0.505 e. The zero-order valence-electron chi connectivity index (χ0n) is 15.8. The van der Waals surface area contributed by atoms with E-state index in [1.54, 1.807) is 29.4 Å². The molecule has 0 amide bonds. The molecule has 0 unspecified atom stereocenters. The Morgan fingerprint density at radius 1 is 0.966 bits per heavy atom. The van der Waals surface area contributed by atoms with Crippen molar-refractivity contribution in [2.75, 3.05) is 11.7 Å². The van der Waals surface area contributed by atoms with E-state index in [-0.39, 0.29) is 5.75 Å². The lowest BCUT2D eigenvalue weighted by molar-refractivity contribution is 0.360. The summed E-state index contributed by atoms with van der Waals surface area (Å²) in [5, 5.41) is 16.9. The summed E-state index contributed by atoms with van der Waals surface area (Å²) in [6, 6.07) is 25.1. The molecule has 0 saturated carbocycles. The summed E-state index contributed by atoms with van der Waals surface area (Å²) in [6.45, 7) is 4.01. The first-order valence-electron chi connectivity index (χ1n) is 9.29. The van der Waals surface area contributed by atoms with Crippen LogP contribution in [-0.2, 0) is 0 Å². The number of hydrogen-bond donors (Lipinski definition) is 2. The molecular weight excluding hydrogens is 362 g/mol. The van der Waals surface area contributed by atoms with Crippen molar-refractivity contribution in [2.45, 2.75) is 0 Å². The van der Waals surface area contributed by atoms with Crippen LogP contribution in [0.4, 0.5) is 5.69 Å². The van der Waals surface area contributed by atoms with Gasteiger partial charge in [-0.1, -0.05) is 73.3 Å². The highest BCUT2D eigenvalue weighted by Crippen LogP contribution is 2.33. The minimum absolute atomic E-state index is 0.0598. The summed E-state index contributed by atoms with van der Waals surface area (Å²) in [5.74, 6) is 0.624. The molecule has 144 valence electrons. The monoisotopic (exact) mass is 383 g/mol. The molecule has 0 fully saturated rings. The van der Waals surface area contributed by atoms with Gasteiger partial charge >= 0.3 is 0 Å². The van der Waals surface area contributed by atoms with Crippen molar-refractivity contribution in [2.24, 2.45) is 5.10 Å². The first-order valence-corrected chi connectivity index (χ1v) is 9.29. The molecule has 0 aromatic heterocycles. The minimum atomic E-state index is 0.0598. The molecule has 2 N–H and O–H groups in total. The van der Waals surface area contributed by atoms with E-state index >= 15 is 0 Å². The van der Waals surface area contributed by atoms with Gasteiger partial charge in [0.15, 0.2) is 0 Å². The summed E-state index contributed by atoms with van der Waals surface area (Å²) in [7, 11) is 0. The third-order valence-electron chi connectivity index (χ3n) is 4.41. The number of hydrogen-bond acceptors (Lipinski definition) is 5. The second kappa shape index (κ2) is 8.35. The van der Waals surface area contributed by atoms with Crippen molar-refractivity contribution >= 4 is 17.1 Å². The predicted molar refractivity (Wildman–Crippen MR) is 117 cm³/mol. The SMILES string of the molecule is C=CCOc1ccc(N2N=C(c3ccccc3)C=C(c3ccccc3)N2)c(O)c1. The van der Waals surface area contributed by atoms with E-state index in [0.717, 1.165) is 22.5 Å². The lowest BCUT2D eigenvalue weighted by Crippen LogP contribution is -2.36. The number of benzene rings is 3. The molecular formula is C24H21N3O2. The van der Waals surface area contributed by atoms with Crippen LogP contribution < -0.4 is 15.3 Å². The molecule has 0 bridgehead atoms. The fraction of sp³-hybridized carbons (Fsp3) is 0.0417. The largest absolute Gasteiger partial charge is 0.505 e. The number of phenolic OH excluding ortho intramolecular Hbond substituents is 1. The summed E-state index contributed by atoms with van der Waals surface area (Å²) < 4.78 is 5.50. The average Bonchev–Trinajstić information content (AvgIpc) is 2.78. The summed E-state index contributed by atoms with van der Waals surface area (Å²) >= 11 is 0. The predicted octanol–water partition coefficient (Wildman–Crippen LogP) is 4.73. The van der Waals surface area contributed by atoms with Crippen molar-refractivity contribution in [1.29, 1.82) is 0 Å². The molecule has 1 aliphatic heterocycles. The van der Waals surface area contributed by atoms with Crippen molar-refractivity contribution in [3.63, 3.8) is 0 Å². The van der Waals surface area contributed by atoms with Crippen LogP contribution in [0.2, 0.25) is 0 Å². The molecule has 3 aromatic rings. The van der Waals surface area contributed by atoms with Crippen LogP contribution in [0, 0.1) is 0 Å². The van der Waals surface area contributed by atoms with Crippen molar-refractivity contribution in [3.05, 3.63) is 109 Å². The van der Waals surface area contributed by atoms with Gasteiger partial charge in [-0.05, 0) is 23.8 Å². The smallest absolute Gasteiger partial charge is 0.146 e. The van der Waals surface area contributed by atoms with Gasteiger partial charge in [-0.2, -0.15) is 10.2 Å². The molecule has 1 aliphatic rings. The van der Waals surface area contributed by atoms with Gasteiger partial charge < -0.3 is 9.84 Å². The first kappa shape index (κ1) is 18.4. The zero-order valence-corrected chi connectivity index (χ0v) is 15.8. The average molecular weight is 383 g/mol. The Labute approximate surface area is 169 Å². The number of anilines is 1. The van der Waals surface area contributed by atoms with E-state index in [1.165, 1.54) is 0 Å². The van der Waals surface area contributed by atoms with Crippen molar-refractivity contribution in [1.82, 2.24) is 5.43 Å². The molecule has 4 rings (SSSR count). The number of aromatic hydroxyl groups is 1. The van der Waals surface area contributed by atoms with E-state index in [4.69, 9.17) is 9.84 Å². The van der Waals surface area contributed by atoms with E-state index in [9.17, 15) is 5.11 Å². The van der Waals surface area contributed by atoms with Crippen molar-refractivity contribution in [3.8, 4) is 11.5 Å². The van der Waals surface area contributed by atoms with Crippen LogP contribution in [-0.4, -0.2) is 17.4 Å². The fourth-order valence-corrected chi connectivity index (χ4v) is 3.00. The van der Waals surface area contributed by atoms with E-state index < -0.39 is 0 Å². The maximum Gasteiger partial charge on any atom is 0.146 e. The standard InChI is InChI=1S/C24H21N3O2/c1-2-15-29-20-13-14-23(24(28)16-20)27-25-21(18-9-5-3-6-10-18)17-22(26-27)19-11-7-4-8-12-19/h2-14,16-17,25,28H,1,15H2. The number of allylic oxidation sites excluding steroid dienone is 1. The van der Waals surface area contributed by atoms with E-state index in [1.807, 2.05) is 66.7 Å². The summed E-state index contributed by atoms with van der Waals surface area (Å²) in [5.41, 5.74) is 7.47. The topological polar surface area (TPSA) is 57.1 Å². The second-order valence-corrected chi connectivity index (χ2v) is 6.45. The Balaban J connectivity index is 1.73. The van der Waals surface area contributed by atoms with Gasteiger partial charge in [0.2, 0.25) is 0 Å². The van der Waals surface area contributed by atoms with Crippen LogP contribution in [0.25, 0.3) is 5.70 Å². The zero-order chi connectivity index (χ0) is 20.1. The van der Waals surface area contributed by atoms with Crippen LogP contribution in [0.15, 0.2) is 103 Å². The quantitative estimate of drug-likeness (QED) is 0.605.